The van der Waals surface area contributed by atoms with Crippen LogP contribution in [0.15, 0.2) is 60.1 Å². The number of hydrogen-bond acceptors (Lipinski definition) is 5. The van der Waals surface area contributed by atoms with Crippen LogP contribution in [0.5, 0.6) is 11.5 Å². The van der Waals surface area contributed by atoms with E-state index in [0.29, 0.717) is 31.2 Å². The fraction of sp³-hybridized carbons (Fsp3) is 0.273. The molecule has 1 aromatic carbocycles. The van der Waals surface area contributed by atoms with Gasteiger partial charge in [0.25, 0.3) is 0 Å². The fourth-order valence-corrected chi connectivity index (χ4v) is 3.52. The third-order valence-corrected chi connectivity index (χ3v) is 5.25. The highest BCUT2D eigenvalue weighted by Crippen LogP contribution is 2.29. The second-order valence-corrected chi connectivity index (χ2v) is 7.39. The van der Waals surface area contributed by atoms with Gasteiger partial charge in [-0.2, -0.15) is 0 Å². The maximum absolute atomic E-state index is 12.1. The average molecular weight is 397 g/mol. The second kappa shape index (κ2) is 9.90. The molecule has 0 saturated carbocycles. The van der Waals surface area contributed by atoms with E-state index in [9.17, 15) is 4.79 Å². The Morgan fingerprint density at radius 3 is 2.68 bits per heavy atom. The lowest BCUT2D eigenvalue weighted by Crippen LogP contribution is -2.28. The maximum Gasteiger partial charge on any atom is 0.220 e. The number of methoxy groups -OCH3 is 1. The number of nitrogens with zero attached hydrogens (tertiary/aromatic N) is 2. The molecular formula is C22H24N2O3S. The summed E-state index contributed by atoms with van der Waals surface area (Å²) in [5.74, 6) is 1.38. The van der Waals surface area contributed by atoms with Gasteiger partial charge >= 0.3 is 0 Å². The number of carbonyl (C=O) groups is 1. The van der Waals surface area contributed by atoms with Crippen LogP contribution in [0.3, 0.4) is 0 Å². The first-order valence-electron chi connectivity index (χ1n) is 9.13. The zero-order chi connectivity index (χ0) is 19.8. The molecule has 0 atom stereocenters. The minimum atomic E-state index is 0.000828. The first-order valence-corrected chi connectivity index (χ1v) is 10.0. The lowest BCUT2D eigenvalue weighted by molar-refractivity contribution is -0.130. The van der Waals surface area contributed by atoms with E-state index >= 15 is 0 Å². The molecule has 5 nitrogen and oxygen atoms in total. The first-order chi connectivity index (χ1) is 13.7. The third-order valence-electron chi connectivity index (χ3n) is 4.31. The molecule has 2 heterocycles. The van der Waals surface area contributed by atoms with E-state index in [0.717, 1.165) is 17.7 Å². The summed E-state index contributed by atoms with van der Waals surface area (Å²) >= 11 is 1.73. The van der Waals surface area contributed by atoms with E-state index < -0.39 is 0 Å². The highest BCUT2D eigenvalue weighted by Gasteiger charge is 2.13. The van der Waals surface area contributed by atoms with Crippen LogP contribution in [-0.2, 0) is 24.3 Å². The number of rotatable bonds is 9. The minimum absolute atomic E-state index is 0.000828. The van der Waals surface area contributed by atoms with Crippen molar-refractivity contribution in [3.05, 3.63) is 76.2 Å². The number of aromatic nitrogens is 1. The SMILES string of the molecule is COc1cc(CN(Cc2ccccn2)C(C)=O)ccc1OCCc1cccs1. The molecule has 0 fully saturated rings. The number of thiophene rings is 1. The number of benzene rings is 1. The summed E-state index contributed by atoms with van der Waals surface area (Å²) < 4.78 is 11.4. The van der Waals surface area contributed by atoms with Gasteiger partial charge in [0.1, 0.15) is 0 Å². The number of ether oxygens (including phenoxy) is 2. The Morgan fingerprint density at radius 2 is 2.00 bits per heavy atom. The van der Waals surface area contributed by atoms with Gasteiger partial charge in [0.05, 0.1) is 26.0 Å². The van der Waals surface area contributed by atoms with Crippen molar-refractivity contribution in [3.63, 3.8) is 0 Å². The van der Waals surface area contributed by atoms with E-state index in [2.05, 4.69) is 16.4 Å². The Kier molecular flexibility index (Phi) is 7.03. The molecule has 0 N–H and O–H groups in total. The highest BCUT2D eigenvalue weighted by atomic mass is 32.1. The average Bonchev–Trinajstić information content (AvgIpc) is 3.22. The Labute approximate surface area is 169 Å². The molecule has 1 amide bonds. The van der Waals surface area contributed by atoms with Crippen molar-refractivity contribution in [1.29, 1.82) is 0 Å². The second-order valence-electron chi connectivity index (χ2n) is 6.36. The summed E-state index contributed by atoms with van der Waals surface area (Å²) in [6, 6.07) is 15.7. The lowest BCUT2D eigenvalue weighted by Gasteiger charge is -2.21. The van der Waals surface area contributed by atoms with Crippen molar-refractivity contribution in [2.75, 3.05) is 13.7 Å². The first kappa shape index (κ1) is 19.9. The smallest absolute Gasteiger partial charge is 0.220 e. The van der Waals surface area contributed by atoms with Crippen LogP contribution in [-0.4, -0.2) is 29.5 Å². The standard InChI is InChI=1S/C22H24N2O3S/c1-17(25)24(16-19-6-3-4-11-23-19)15-18-8-9-21(22(14-18)26-2)27-12-10-20-7-5-13-28-20/h3-9,11,13-14H,10,12,15-16H2,1-2H3. The largest absolute Gasteiger partial charge is 0.493 e. The minimum Gasteiger partial charge on any atom is -0.493 e. The molecule has 2 aromatic heterocycles. The molecule has 0 radical (unpaired) electrons. The van der Waals surface area contributed by atoms with Gasteiger partial charge in [0, 0.05) is 31.0 Å². The summed E-state index contributed by atoms with van der Waals surface area (Å²) in [4.78, 5) is 19.4. The van der Waals surface area contributed by atoms with Crippen molar-refractivity contribution in [1.82, 2.24) is 9.88 Å². The van der Waals surface area contributed by atoms with Crippen LogP contribution < -0.4 is 9.47 Å². The topological polar surface area (TPSA) is 51.7 Å². The van der Waals surface area contributed by atoms with E-state index in [1.165, 1.54) is 4.88 Å². The van der Waals surface area contributed by atoms with Crippen LogP contribution in [0.1, 0.15) is 23.1 Å². The Bertz CT molecular complexity index is 882. The molecule has 0 aliphatic rings. The molecule has 0 saturated heterocycles. The Balaban J connectivity index is 1.64. The van der Waals surface area contributed by atoms with Gasteiger partial charge in [0.15, 0.2) is 11.5 Å². The summed E-state index contributed by atoms with van der Waals surface area (Å²) in [7, 11) is 1.63. The van der Waals surface area contributed by atoms with Gasteiger partial charge in [-0.15, -0.1) is 11.3 Å². The zero-order valence-corrected chi connectivity index (χ0v) is 16.9. The zero-order valence-electron chi connectivity index (χ0n) is 16.1. The number of amides is 1. The molecular weight excluding hydrogens is 372 g/mol. The van der Waals surface area contributed by atoms with E-state index in [-0.39, 0.29) is 5.91 Å². The van der Waals surface area contributed by atoms with Crippen LogP contribution in [0.2, 0.25) is 0 Å². The summed E-state index contributed by atoms with van der Waals surface area (Å²) in [5.41, 5.74) is 1.84. The summed E-state index contributed by atoms with van der Waals surface area (Å²) in [6.45, 7) is 3.12. The molecule has 0 aliphatic carbocycles. The third kappa shape index (κ3) is 5.57. The molecule has 3 rings (SSSR count). The van der Waals surface area contributed by atoms with E-state index in [1.807, 2.05) is 42.5 Å². The molecule has 0 spiro atoms. The maximum atomic E-state index is 12.1. The Hall–Kier alpha value is -2.86. The van der Waals surface area contributed by atoms with Gasteiger partial charge in [-0.25, -0.2) is 0 Å². The molecule has 28 heavy (non-hydrogen) atoms. The van der Waals surface area contributed by atoms with Crippen LogP contribution in [0.25, 0.3) is 0 Å². The predicted octanol–water partition coefficient (Wildman–Crippen LogP) is 4.32. The molecule has 146 valence electrons. The van der Waals surface area contributed by atoms with Gasteiger partial charge in [-0.05, 0) is 41.3 Å². The monoisotopic (exact) mass is 396 g/mol. The van der Waals surface area contributed by atoms with Crippen LogP contribution in [0, 0.1) is 0 Å². The molecule has 6 heteroatoms. The molecule has 0 bridgehead atoms. The van der Waals surface area contributed by atoms with Crippen molar-refractivity contribution >= 4 is 17.2 Å². The number of hydrogen-bond donors (Lipinski definition) is 0. The van der Waals surface area contributed by atoms with Gasteiger partial charge in [-0.3, -0.25) is 9.78 Å². The summed E-state index contributed by atoms with van der Waals surface area (Å²) in [5, 5.41) is 2.07. The predicted molar refractivity (Wildman–Crippen MR) is 111 cm³/mol. The van der Waals surface area contributed by atoms with Gasteiger partial charge < -0.3 is 14.4 Å². The molecule has 0 aliphatic heterocycles. The van der Waals surface area contributed by atoms with Crippen molar-refractivity contribution < 1.29 is 14.3 Å². The van der Waals surface area contributed by atoms with E-state index in [1.54, 1.807) is 36.5 Å². The quantitative estimate of drug-likeness (QED) is 0.540. The van der Waals surface area contributed by atoms with Gasteiger partial charge in [-0.1, -0.05) is 18.2 Å². The lowest BCUT2D eigenvalue weighted by atomic mass is 10.1. The number of pyridine rings is 1. The highest BCUT2D eigenvalue weighted by molar-refractivity contribution is 7.09. The Morgan fingerprint density at radius 1 is 1.11 bits per heavy atom. The molecule has 0 unspecified atom stereocenters. The van der Waals surface area contributed by atoms with E-state index in [4.69, 9.17) is 9.47 Å². The van der Waals surface area contributed by atoms with Crippen molar-refractivity contribution in [3.8, 4) is 11.5 Å². The van der Waals surface area contributed by atoms with Gasteiger partial charge in [0.2, 0.25) is 5.91 Å². The van der Waals surface area contributed by atoms with Crippen LogP contribution in [0.4, 0.5) is 0 Å². The van der Waals surface area contributed by atoms with Crippen LogP contribution >= 0.6 is 11.3 Å². The summed E-state index contributed by atoms with van der Waals surface area (Å²) in [6.07, 6.45) is 2.60. The van der Waals surface area contributed by atoms with Crippen molar-refractivity contribution in [2.24, 2.45) is 0 Å². The number of carbonyl (C=O) groups excluding carboxylic acids is 1. The fourth-order valence-electron chi connectivity index (χ4n) is 2.83. The van der Waals surface area contributed by atoms with Crippen molar-refractivity contribution in [2.45, 2.75) is 26.4 Å². The normalized spacial score (nSPS) is 10.5. The molecule has 3 aromatic rings.